The summed E-state index contributed by atoms with van der Waals surface area (Å²) in [5, 5.41) is 14.8. The molecule has 0 aliphatic heterocycles. The normalized spacial score (nSPS) is 11.1. The molecule has 0 unspecified atom stereocenters. The highest BCUT2D eigenvalue weighted by molar-refractivity contribution is 6.10. The topological polar surface area (TPSA) is 71.3 Å². The number of carbonyl (C=O) groups is 1. The molecule has 4 aromatic carbocycles. The first kappa shape index (κ1) is 24.6. The highest BCUT2D eigenvalue weighted by atomic mass is 16.5. The van der Waals surface area contributed by atoms with E-state index in [0.717, 1.165) is 33.0 Å². The largest absolute Gasteiger partial charge is 0.493 e. The number of hydrogen-bond donors (Lipinski definition) is 1. The molecule has 0 bridgehead atoms. The van der Waals surface area contributed by atoms with Gasteiger partial charge in [0.05, 0.1) is 7.11 Å². The maximum atomic E-state index is 12.7. The van der Waals surface area contributed by atoms with Crippen molar-refractivity contribution in [2.45, 2.75) is 27.4 Å². The summed E-state index contributed by atoms with van der Waals surface area (Å²) >= 11 is 0. The zero-order valence-electron chi connectivity index (χ0n) is 20.9. The van der Waals surface area contributed by atoms with Gasteiger partial charge in [-0.15, -0.1) is 0 Å². The highest BCUT2D eigenvalue weighted by Gasteiger charge is 2.13. The third-order valence-electron chi connectivity index (χ3n) is 6.14. The van der Waals surface area contributed by atoms with Gasteiger partial charge in [0.15, 0.2) is 11.5 Å². The Morgan fingerprint density at radius 3 is 2.50 bits per heavy atom. The number of nitrogens with one attached hydrogen (secondary N) is 1. The van der Waals surface area contributed by atoms with Crippen LogP contribution < -0.4 is 14.8 Å². The number of benzene rings is 4. The summed E-state index contributed by atoms with van der Waals surface area (Å²) in [6, 6.07) is 25.5. The molecule has 0 saturated carbocycles. The van der Waals surface area contributed by atoms with E-state index >= 15 is 0 Å². The number of anilines is 1. The Morgan fingerprint density at radius 2 is 1.75 bits per heavy atom. The second-order valence-corrected chi connectivity index (χ2v) is 8.72. The van der Waals surface area contributed by atoms with Gasteiger partial charge in [-0.2, -0.15) is 5.26 Å². The number of rotatable bonds is 7. The zero-order valence-corrected chi connectivity index (χ0v) is 20.9. The molecule has 180 valence electrons. The minimum absolute atomic E-state index is 0.00271. The van der Waals surface area contributed by atoms with Crippen molar-refractivity contribution in [1.82, 2.24) is 0 Å². The van der Waals surface area contributed by atoms with Gasteiger partial charge in [0, 0.05) is 11.3 Å². The molecule has 0 aromatic heterocycles. The quantitative estimate of drug-likeness (QED) is 0.233. The van der Waals surface area contributed by atoms with Crippen molar-refractivity contribution in [1.29, 1.82) is 5.26 Å². The molecule has 5 heteroatoms. The standard InChI is InChI=1S/C31H28N2O3/c1-20-9-13-28(22(3)15-20)33-31(34)25(18-32)16-23-11-14-29(30(17-23)35-4)36-19-27-21(2)10-12-24-7-5-6-8-26(24)27/h5-17H,19H2,1-4H3,(H,33,34)/b25-16+. The maximum absolute atomic E-state index is 12.7. The molecule has 0 aliphatic rings. The minimum atomic E-state index is -0.463. The fourth-order valence-electron chi connectivity index (χ4n) is 4.14. The first-order valence-electron chi connectivity index (χ1n) is 11.7. The minimum Gasteiger partial charge on any atom is -0.493 e. The number of carbonyl (C=O) groups excluding carboxylic acids is 1. The third-order valence-corrected chi connectivity index (χ3v) is 6.14. The smallest absolute Gasteiger partial charge is 0.266 e. The Kier molecular flexibility index (Phi) is 7.36. The highest BCUT2D eigenvalue weighted by Crippen LogP contribution is 2.31. The lowest BCUT2D eigenvalue weighted by atomic mass is 10.0. The molecular weight excluding hydrogens is 448 g/mol. The molecule has 0 aliphatic carbocycles. The van der Waals surface area contributed by atoms with Crippen molar-refractivity contribution in [2.75, 3.05) is 12.4 Å². The maximum Gasteiger partial charge on any atom is 0.266 e. The van der Waals surface area contributed by atoms with E-state index < -0.39 is 5.91 Å². The number of fused-ring (bicyclic) bond motifs is 1. The second kappa shape index (κ2) is 10.8. The Morgan fingerprint density at radius 1 is 0.944 bits per heavy atom. The zero-order chi connectivity index (χ0) is 25.7. The lowest BCUT2D eigenvalue weighted by Gasteiger charge is -2.14. The van der Waals surface area contributed by atoms with Gasteiger partial charge in [0.2, 0.25) is 0 Å². The van der Waals surface area contributed by atoms with Crippen molar-refractivity contribution in [3.63, 3.8) is 0 Å². The summed E-state index contributed by atoms with van der Waals surface area (Å²) < 4.78 is 11.7. The first-order valence-corrected chi connectivity index (χ1v) is 11.7. The van der Waals surface area contributed by atoms with Crippen molar-refractivity contribution in [3.8, 4) is 17.6 Å². The molecule has 0 radical (unpaired) electrons. The van der Waals surface area contributed by atoms with Crippen molar-refractivity contribution >= 4 is 28.4 Å². The molecule has 0 atom stereocenters. The molecule has 1 N–H and O–H groups in total. The van der Waals surface area contributed by atoms with Crippen LogP contribution in [0.3, 0.4) is 0 Å². The Hall–Kier alpha value is -4.56. The van der Waals surface area contributed by atoms with Crippen molar-refractivity contribution < 1.29 is 14.3 Å². The number of hydrogen-bond acceptors (Lipinski definition) is 4. The molecule has 0 heterocycles. The summed E-state index contributed by atoms with van der Waals surface area (Å²) in [6.07, 6.45) is 1.54. The van der Waals surface area contributed by atoms with Crippen molar-refractivity contribution in [2.24, 2.45) is 0 Å². The fraction of sp³-hybridized carbons (Fsp3) is 0.161. The second-order valence-electron chi connectivity index (χ2n) is 8.72. The van der Waals surface area contributed by atoms with Crippen LogP contribution >= 0.6 is 0 Å². The molecule has 0 fully saturated rings. The van der Waals surface area contributed by atoms with Gasteiger partial charge >= 0.3 is 0 Å². The molecule has 5 nitrogen and oxygen atoms in total. The van der Waals surface area contributed by atoms with Crippen LogP contribution in [0.4, 0.5) is 5.69 Å². The Labute approximate surface area is 211 Å². The average molecular weight is 477 g/mol. The predicted molar refractivity (Wildman–Crippen MR) is 144 cm³/mol. The van der Waals surface area contributed by atoms with E-state index in [0.29, 0.717) is 29.4 Å². The summed E-state index contributed by atoms with van der Waals surface area (Å²) in [6.45, 7) is 6.37. The molecule has 4 aromatic rings. The predicted octanol–water partition coefficient (Wildman–Crippen LogP) is 6.90. The van der Waals surface area contributed by atoms with Crippen LogP contribution in [-0.4, -0.2) is 13.0 Å². The van der Waals surface area contributed by atoms with Gasteiger partial charge in [-0.05, 0) is 72.5 Å². The van der Waals surface area contributed by atoms with E-state index in [1.165, 1.54) is 0 Å². The van der Waals surface area contributed by atoms with Crippen LogP contribution in [0.2, 0.25) is 0 Å². The first-order chi connectivity index (χ1) is 17.4. The van der Waals surface area contributed by atoms with E-state index in [1.54, 1.807) is 31.4 Å². The monoisotopic (exact) mass is 476 g/mol. The van der Waals surface area contributed by atoms with Crippen molar-refractivity contribution in [3.05, 3.63) is 106 Å². The average Bonchev–Trinajstić information content (AvgIpc) is 2.88. The van der Waals surface area contributed by atoms with Crippen LogP contribution in [-0.2, 0) is 11.4 Å². The van der Waals surface area contributed by atoms with Gasteiger partial charge < -0.3 is 14.8 Å². The van der Waals surface area contributed by atoms with Gasteiger partial charge in [-0.25, -0.2) is 0 Å². The van der Waals surface area contributed by atoms with Gasteiger partial charge in [0.25, 0.3) is 5.91 Å². The molecule has 0 saturated heterocycles. The van der Waals surface area contributed by atoms with E-state index in [2.05, 4.69) is 36.5 Å². The van der Waals surface area contributed by atoms with Gasteiger partial charge in [0.1, 0.15) is 18.2 Å². The molecule has 1 amide bonds. The fourth-order valence-corrected chi connectivity index (χ4v) is 4.14. The number of nitrogens with zero attached hydrogens (tertiary/aromatic N) is 1. The summed E-state index contributed by atoms with van der Waals surface area (Å²) in [4.78, 5) is 12.7. The van der Waals surface area contributed by atoms with Crippen LogP contribution in [0.15, 0.2) is 78.4 Å². The van der Waals surface area contributed by atoms with E-state index in [9.17, 15) is 10.1 Å². The summed E-state index contributed by atoms with van der Waals surface area (Å²) in [5.74, 6) is 0.643. The van der Waals surface area contributed by atoms with Crippen LogP contribution in [0.1, 0.15) is 27.8 Å². The molecule has 36 heavy (non-hydrogen) atoms. The van der Waals surface area contributed by atoms with E-state index in [1.807, 2.05) is 50.2 Å². The molecule has 0 spiro atoms. The lowest BCUT2D eigenvalue weighted by molar-refractivity contribution is -0.112. The number of ether oxygens (including phenoxy) is 2. The van der Waals surface area contributed by atoms with Gasteiger partial charge in [-0.1, -0.05) is 60.2 Å². The Bertz CT molecular complexity index is 1510. The molecule has 4 rings (SSSR count). The van der Waals surface area contributed by atoms with E-state index in [-0.39, 0.29) is 5.57 Å². The van der Waals surface area contributed by atoms with Crippen LogP contribution in [0, 0.1) is 32.1 Å². The van der Waals surface area contributed by atoms with Crippen LogP contribution in [0.25, 0.3) is 16.8 Å². The number of aryl methyl sites for hydroxylation is 3. The molecular formula is C31H28N2O3. The van der Waals surface area contributed by atoms with Gasteiger partial charge in [-0.3, -0.25) is 4.79 Å². The number of amides is 1. The Balaban J connectivity index is 1.54. The van der Waals surface area contributed by atoms with Crippen LogP contribution in [0.5, 0.6) is 11.5 Å². The summed E-state index contributed by atoms with van der Waals surface area (Å²) in [7, 11) is 1.57. The third kappa shape index (κ3) is 5.39. The number of methoxy groups -OCH3 is 1. The summed E-state index contributed by atoms with van der Waals surface area (Å²) in [5.41, 5.74) is 5.65. The van der Waals surface area contributed by atoms with E-state index in [4.69, 9.17) is 9.47 Å². The SMILES string of the molecule is COc1cc(/C=C(\C#N)C(=O)Nc2ccc(C)cc2C)ccc1OCc1c(C)ccc2ccccc12. The number of nitriles is 1. The lowest BCUT2D eigenvalue weighted by Crippen LogP contribution is -2.14.